The Morgan fingerprint density at radius 3 is 2.12 bits per heavy atom. The molecule has 0 bridgehead atoms. The van der Waals surface area contributed by atoms with E-state index in [2.05, 4.69) is 31.4 Å². The van der Waals surface area contributed by atoms with E-state index in [1.54, 1.807) is 19.1 Å². The first-order valence-corrected chi connectivity index (χ1v) is 11.4. The standard InChI is InChI=1S/C22H26N4O5S/c1-21(2,3)14-5-7-15(8-6-14)22(4)19(28)26(20(29)25-22)13-18(27)24-16-9-11-17(12-10-16)32(23,30)31/h5-12H,13H2,1-4H3,(H,24,27)(H,25,29)(H2,23,30,31). The normalized spacial score (nSPS) is 19.1. The average molecular weight is 459 g/mol. The molecular weight excluding hydrogens is 432 g/mol. The van der Waals surface area contributed by atoms with Gasteiger partial charge in [0.2, 0.25) is 15.9 Å². The number of anilines is 1. The minimum Gasteiger partial charge on any atom is -0.325 e. The number of carbonyl (C=O) groups excluding carboxylic acids is 3. The second-order valence-electron chi connectivity index (χ2n) is 8.89. The molecule has 0 radical (unpaired) electrons. The summed E-state index contributed by atoms with van der Waals surface area (Å²) in [6.07, 6.45) is 0. The number of sulfonamides is 1. The monoisotopic (exact) mass is 458 g/mol. The van der Waals surface area contributed by atoms with E-state index < -0.39 is 40.0 Å². The van der Waals surface area contributed by atoms with Crippen LogP contribution in [0.1, 0.15) is 38.8 Å². The van der Waals surface area contributed by atoms with Crippen LogP contribution in [-0.4, -0.2) is 37.7 Å². The Balaban J connectivity index is 1.72. The maximum absolute atomic E-state index is 13.0. The fraction of sp³-hybridized carbons (Fsp3) is 0.318. The summed E-state index contributed by atoms with van der Waals surface area (Å²) >= 11 is 0. The Morgan fingerprint density at radius 2 is 1.62 bits per heavy atom. The van der Waals surface area contributed by atoms with Crippen LogP contribution in [0.3, 0.4) is 0 Å². The van der Waals surface area contributed by atoms with Gasteiger partial charge in [0, 0.05) is 5.69 Å². The van der Waals surface area contributed by atoms with E-state index in [1.807, 2.05) is 12.1 Å². The SMILES string of the molecule is CC(C)(C)c1ccc(C2(C)NC(=O)N(CC(=O)Nc3ccc(S(N)(=O)=O)cc3)C2=O)cc1. The van der Waals surface area contributed by atoms with E-state index in [0.717, 1.165) is 10.5 Å². The molecule has 32 heavy (non-hydrogen) atoms. The number of urea groups is 1. The van der Waals surface area contributed by atoms with Gasteiger partial charge in [-0.25, -0.2) is 18.4 Å². The molecule has 1 unspecified atom stereocenters. The molecule has 1 aliphatic heterocycles. The van der Waals surface area contributed by atoms with Crippen LogP contribution in [0.25, 0.3) is 0 Å². The van der Waals surface area contributed by atoms with Gasteiger partial charge in [0.25, 0.3) is 5.91 Å². The van der Waals surface area contributed by atoms with Gasteiger partial charge < -0.3 is 10.6 Å². The minimum atomic E-state index is -3.85. The van der Waals surface area contributed by atoms with Crippen molar-refractivity contribution in [1.82, 2.24) is 10.2 Å². The molecule has 170 valence electrons. The number of amides is 4. The van der Waals surface area contributed by atoms with Gasteiger partial charge in [-0.1, -0.05) is 45.0 Å². The topological polar surface area (TPSA) is 139 Å². The summed E-state index contributed by atoms with van der Waals surface area (Å²) < 4.78 is 22.6. The van der Waals surface area contributed by atoms with E-state index in [0.29, 0.717) is 11.3 Å². The number of hydrogen-bond acceptors (Lipinski definition) is 5. The van der Waals surface area contributed by atoms with Crippen molar-refractivity contribution in [2.75, 3.05) is 11.9 Å². The molecule has 10 heteroatoms. The van der Waals surface area contributed by atoms with Crippen molar-refractivity contribution >= 4 is 33.6 Å². The van der Waals surface area contributed by atoms with Crippen molar-refractivity contribution in [3.05, 3.63) is 59.7 Å². The lowest BCUT2D eigenvalue weighted by molar-refractivity contribution is -0.133. The Bertz CT molecular complexity index is 1170. The highest BCUT2D eigenvalue weighted by Gasteiger charge is 2.49. The Kier molecular flexibility index (Phi) is 5.88. The highest BCUT2D eigenvalue weighted by molar-refractivity contribution is 7.89. The molecule has 2 aromatic rings. The van der Waals surface area contributed by atoms with Gasteiger partial charge in [0.15, 0.2) is 0 Å². The zero-order chi connectivity index (χ0) is 23.9. The van der Waals surface area contributed by atoms with E-state index in [-0.39, 0.29) is 10.3 Å². The molecule has 9 nitrogen and oxygen atoms in total. The maximum Gasteiger partial charge on any atom is 0.325 e. The number of nitrogens with two attached hydrogens (primary N) is 1. The highest BCUT2D eigenvalue weighted by Crippen LogP contribution is 2.31. The lowest BCUT2D eigenvalue weighted by atomic mass is 9.84. The number of primary sulfonamides is 1. The molecular formula is C22H26N4O5S. The van der Waals surface area contributed by atoms with Crippen molar-refractivity contribution in [3.8, 4) is 0 Å². The first-order valence-electron chi connectivity index (χ1n) is 9.90. The summed E-state index contributed by atoms with van der Waals surface area (Å²) in [6.45, 7) is 7.35. The highest BCUT2D eigenvalue weighted by atomic mass is 32.2. The first-order chi connectivity index (χ1) is 14.7. The van der Waals surface area contributed by atoms with Crippen LogP contribution in [0, 0.1) is 0 Å². The second kappa shape index (κ2) is 8.03. The van der Waals surface area contributed by atoms with Gasteiger partial charge in [-0.3, -0.25) is 14.5 Å². The third-order valence-corrected chi connectivity index (χ3v) is 6.30. The van der Waals surface area contributed by atoms with E-state index in [9.17, 15) is 22.8 Å². The van der Waals surface area contributed by atoms with Gasteiger partial charge in [-0.15, -0.1) is 0 Å². The number of carbonyl (C=O) groups is 3. The third kappa shape index (κ3) is 4.66. The van der Waals surface area contributed by atoms with Crippen molar-refractivity contribution in [2.24, 2.45) is 5.14 Å². The summed E-state index contributed by atoms with van der Waals surface area (Å²) in [5.41, 5.74) is 0.663. The quantitative estimate of drug-likeness (QED) is 0.589. The Hall–Kier alpha value is -3.24. The Labute approximate surface area is 187 Å². The van der Waals surface area contributed by atoms with Crippen molar-refractivity contribution in [3.63, 3.8) is 0 Å². The number of nitrogens with one attached hydrogen (secondary N) is 2. The fourth-order valence-electron chi connectivity index (χ4n) is 3.41. The number of benzene rings is 2. The molecule has 1 saturated heterocycles. The molecule has 0 aliphatic carbocycles. The van der Waals surface area contributed by atoms with Gasteiger partial charge in [0.1, 0.15) is 12.1 Å². The predicted octanol–water partition coefficient (Wildman–Crippen LogP) is 2.04. The second-order valence-corrected chi connectivity index (χ2v) is 10.5. The molecule has 0 aromatic heterocycles. The molecule has 2 aromatic carbocycles. The number of nitrogens with zero attached hydrogens (tertiary/aromatic N) is 1. The van der Waals surface area contributed by atoms with Crippen LogP contribution in [0.15, 0.2) is 53.4 Å². The summed E-state index contributed by atoms with van der Waals surface area (Å²) in [5, 5.41) is 10.3. The van der Waals surface area contributed by atoms with Crippen LogP contribution >= 0.6 is 0 Å². The average Bonchev–Trinajstić information content (AvgIpc) is 2.91. The maximum atomic E-state index is 13.0. The smallest absolute Gasteiger partial charge is 0.325 e. The molecule has 0 spiro atoms. The van der Waals surface area contributed by atoms with Gasteiger partial charge in [-0.05, 0) is 47.7 Å². The largest absolute Gasteiger partial charge is 0.325 e. The fourth-order valence-corrected chi connectivity index (χ4v) is 3.93. The van der Waals surface area contributed by atoms with Crippen LogP contribution in [-0.2, 0) is 30.6 Å². The Morgan fingerprint density at radius 1 is 1.06 bits per heavy atom. The first kappa shape index (κ1) is 23.4. The third-order valence-electron chi connectivity index (χ3n) is 5.37. The minimum absolute atomic E-state index is 0.0565. The van der Waals surface area contributed by atoms with Crippen LogP contribution in [0.4, 0.5) is 10.5 Å². The number of imide groups is 1. The zero-order valence-electron chi connectivity index (χ0n) is 18.3. The van der Waals surface area contributed by atoms with E-state index >= 15 is 0 Å². The van der Waals surface area contributed by atoms with Gasteiger partial charge in [-0.2, -0.15) is 0 Å². The summed E-state index contributed by atoms with van der Waals surface area (Å²) in [5.74, 6) is -1.14. The summed E-state index contributed by atoms with van der Waals surface area (Å²) in [6, 6.07) is 12.0. The van der Waals surface area contributed by atoms with Crippen LogP contribution in [0.5, 0.6) is 0 Å². The summed E-state index contributed by atoms with van der Waals surface area (Å²) in [4.78, 5) is 38.7. The van der Waals surface area contributed by atoms with Crippen molar-refractivity contribution < 1.29 is 22.8 Å². The summed E-state index contributed by atoms with van der Waals surface area (Å²) in [7, 11) is -3.85. The van der Waals surface area contributed by atoms with Crippen LogP contribution in [0.2, 0.25) is 0 Å². The lowest BCUT2D eigenvalue weighted by Gasteiger charge is -2.24. The molecule has 4 N–H and O–H groups in total. The number of hydrogen-bond donors (Lipinski definition) is 3. The molecule has 1 atom stereocenters. The van der Waals surface area contributed by atoms with Crippen molar-refractivity contribution in [1.29, 1.82) is 0 Å². The zero-order valence-corrected chi connectivity index (χ0v) is 19.1. The molecule has 3 rings (SSSR count). The van der Waals surface area contributed by atoms with Gasteiger partial charge in [0.05, 0.1) is 4.90 Å². The molecule has 4 amide bonds. The molecule has 1 aliphatic rings. The number of rotatable bonds is 5. The van der Waals surface area contributed by atoms with Gasteiger partial charge >= 0.3 is 6.03 Å². The molecule has 1 fully saturated rings. The molecule has 1 heterocycles. The van der Waals surface area contributed by atoms with Crippen LogP contribution < -0.4 is 15.8 Å². The molecule has 0 saturated carbocycles. The van der Waals surface area contributed by atoms with E-state index in [1.165, 1.54) is 24.3 Å². The predicted molar refractivity (Wildman–Crippen MR) is 119 cm³/mol. The van der Waals surface area contributed by atoms with E-state index in [4.69, 9.17) is 5.14 Å². The lowest BCUT2D eigenvalue weighted by Crippen LogP contribution is -2.42. The van der Waals surface area contributed by atoms with Crippen molar-refractivity contribution in [2.45, 2.75) is 43.5 Å².